The average Bonchev–Trinajstić information content (AvgIpc) is 2.49. The van der Waals surface area contributed by atoms with E-state index in [1.165, 1.54) is 0 Å². The van der Waals surface area contributed by atoms with Crippen LogP contribution in [0.15, 0.2) is 60.7 Å². The Balaban J connectivity index is 2.10. The number of rotatable bonds is 1. The van der Waals surface area contributed by atoms with Crippen molar-refractivity contribution in [2.45, 2.75) is 13.0 Å². The first kappa shape index (κ1) is 13.2. The second-order valence-corrected chi connectivity index (χ2v) is 6.73. The molecule has 0 aromatic heterocycles. The fourth-order valence-corrected chi connectivity index (χ4v) is 2.79. The summed E-state index contributed by atoms with van der Waals surface area (Å²) in [6.07, 6.45) is 0. The zero-order chi connectivity index (χ0) is 13.3. The Kier molecular flexibility index (Phi) is 5.05. The molecule has 0 heterocycles. The summed E-state index contributed by atoms with van der Waals surface area (Å²) in [4.78, 5) is 0. The van der Waals surface area contributed by atoms with Gasteiger partial charge in [0.25, 0.3) is 0 Å². The molecule has 0 unspecified atom stereocenters. The van der Waals surface area contributed by atoms with Crippen LogP contribution in [0.5, 0.6) is 0 Å². The first-order chi connectivity index (χ1) is 9.38. The van der Waals surface area contributed by atoms with Crippen molar-refractivity contribution in [3.63, 3.8) is 0 Å². The third kappa shape index (κ3) is 4.51. The molecule has 19 heavy (non-hydrogen) atoms. The molecule has 0 N–H and O–H groups in total. The molecule has 0 spiro atoms. The maximum absolute atomic E-state index is 3.37. The van der Waals surface area contributed by atoms with Crippen LogP contribution in [0.3, 0.4) is 0 Å². The molecule has 0 bridgehead atoms. The van der Waals surface area contributed by atoms with Gasteiger partial charge in [-0.1, -0.05) is 55.2 Å². The molecular formula is C18H16Si. The second kappa shape index (κ2) is 7.26. The van der Waals surface area contributed by atoms with E-state index in [9.17, 15) is 0 Å². The molecule has 0 aliphatic carbocycles. The van der Waals surface area contributed by atoms with Crippen LogP contribution in [0.4, 0.5) is 0 Å². The molecule has 2 rings (SSSR count). The summed E-state index contributed by atoms with van der Waals surface area (Å²) in [6.45, 7) is 2.18. The standard InChI is InChI=1S/C18H16Si/c1-2-19(15-13-17-9-5-3-6-10-17)16-14-18-11-7-4-8-12-18/h3-12,19H,2H2,1H3. The molecule has 2 aromatic carbocycles. The van der Waals surface area contributed by atoms with E-state index in [2.05, 4.69) is 29.9 Å². The third-order valence-corrected chi connectivity index (χ3v) is 4.54. The van der Waals surface area contributed by atoms with Gasteiger partial charge in [-0.15, -0.1) is 11.1 Å². The van der Waals surface area contributed by atoms with Crippen molar-refractivity contribution >= 4 is 8.80 Å². The third-order valence-electron chi connectivity index (χ3n) is 2.74. The minimum Gasteiger partial charge on any atom is -0.114 e. The zero-order valence-corrected chi connectivity index (χ0v) is 12.2. The van der Waals surface area contributed by atoms with Crippen LogP contribution in [0.25, 0.3) is 0 Å². The molecule has 1 heteroatoms. The minimum atomic E-state index is -1.27. The lowest BCUT2D eigenvalue weighted by molar-refractivity contribution is 1.45. The van der Waals surface area contributed by atoms with Crippen molar-refractivity contribution < 1.29 is 0 Å². The molecule has 0 saturated carbocycles. The lowest BCUT2D eigenvalue weighted by Crippen LogP contribution is -2.04. The summed E-state index contributed by atoms with van der Waals surface area (Å²) >= 11 is 0. The summed E-state index contributed by atoms with van der Waals surface area (Å²) < 4.78 is 0. The number of hydrogen-bond donors (Lipinski definition) is 0. The predicted octanol–water partition coefficient (Wildman–Crippen LogP) is 3.42. The summed E-state index contributed by atoms with van der Waals surface area (Å²) in [5.41, 5.74) is 8.90. The van der Waals surface area contributed by atoms with Gasteiger partial charge in [-0.25, -0.2) is 0 Å². The number of benzene rings is 2. The van der Waals surface area contributed by atoms with Crippen molar-refractivity contribution in [2.24, 2.45) is 0 Å². The van der Waals surface area contributed by atoms with Crippen LogP contribution in [0, 0.1) is 22.9 Å². The summed E-state index contributed by atoms with van der Waals surface area (Å²) in [5, 5.41) is 0. The van der Waals surface area contributed by atoms with Gasteiger partial charge in [0.2, 0.25) is 8.80 Å². The maximum Gasteiger partial charge on any atom is 0.202 e. The topological polar surface area (TPSA) is 0 Å². The largest absolute Gasteiger partial charge is 0.202 e. The van der Waals surface area contributed by atoms with Crippen molar-refractivity contribution in [3.8, 4) is 22.9 Å². The van der Waals surface area contributed by atoms with Gasteiger partial charge >= 0.3 is 0 Å². The molecule has 0 saturated heterocycles. The van der Waals surface area contributed by atoms with Gasteiger partial charge in [-0.2, -0.15) is 0 Å². The van der Waals surface area contributed by atoms with E-state index in [1.54, 1.807) is 0 Å². The van der Waals surface area contributed by atoms with Crippen LogP contribution < -0.4 is 0 Å². The van der Waals surface area contributed by atoms with E-state index in [1.807, 2.05) is 60.7 Å². The molecule has 0 nitrogen and oxygen atoms in total. The van der Waals surface area contributed by atoms with E-state index in [0.717, 1.165) is 17.2 Å². The van der Waals surface area contributed by atoms with E-state index in [-0.39, 0.29) is 0 Å². The van der Waals surface area contributed by atoms with E-state index < -0.39 is 8.80 Å². The molecule has 92 valence electrons. The van der Waals surface area contributed by atoms with E-state index in [0.29, 0.717) is 0 Å². The monoisotopic (exact) mass is 260 g/mol. The molecule has 0 aliphatic heterocycles. The molecule has 0 fully saturated rings. The van der Waals surface area contributed by atoms with Crippen molar-refractivity contribution in [3.05, 3.63) is 71.8 Å². The average molecular weight is 260 g/mol. The van der Waals surface area contributed by atoms with Crippen LogP contribution in [0.1, 0.15) is 18.1 Å². The van der Waals surface area contributed by atoms with Gasteiger partial charge in [-0.05, 0) is 30.3 Å². The number of hydrogen-bond acceptors (Lipinski definition) is 0. The Labute approximate surface area is 117 Å². The van der Waals surface area contributed by atoms with E-state index in [4.69, 9.17) is 0 Å². The SMILES string of the molecule is CC[SiH](C#Cc1ccccc1)C#Cc1ccccc1. The highest BCUT2D eigenvalue weighted by molar-refractivity contribution is 6.75. The van der Waals surface area contributed by atoms with Crippen LogP contribution in [-0.2, 0) is 0 Å². The highest BCUT2D eigenvalue weighted by Crippen LogP contribution is 1.98. The Bertz CT molecular complexity index is 564. The first-order valence-corrected chi connectivity index (χ1v) is 8.49. The molecule has 0 aliphatic rings. The molecule has 2 aromatic rings. The Hall–Kier alpha value is -2.22. The normalized spacial score (nSPS) is 9.16. The van der Waals surface area contributed by atoms with Crippen molar-refractivity contribution in [2.75, 3.05) is 0 Å². The van der Waals surface area contributed by atoms with Crippen LogP contribution in [-0.4, -0.2) is 8.80 Å². The second-order valence-electron chi connectivity index (χ2n) is 4.23. The summed E-state index contributed by atoms with van der Waals surface area (Å²) in [7, 11) is -1.27. The Morgan fingerprint density at radius 3 is 1.53 bits per heavy atom. The quantitative estimate of drug-likeness (QED) is 0.544. The van der Waals surface area contributed by atoms with Crippen molar-refractivity contribution in [1.29, 1.82) is 0 Å². The summed E-state index contributed by atoms with van der Waals surface area (Å²) in [5.74, 6) is 6.48. The van der Waals surface area contributed by atoms with Crippen LogP contribution >= 0.6 is 0 Å². The molecule has 0 radical (unpaired) electrons. The lowest BCUT2D eigenvalue weighted by Gasteiger charge is -1.94. The molecule has 0 atom stereocenters. The predicted molar refractivity (Wildman–Crippen MR) is 84.3 cm³/mol. The fraction of sp³-hybridized carbons (Fsp3) is 0.111. The Morgan fingerprint density at radius 1 is 0.737 bits per heavy atom. The van der Waals surface area contributed by atoms with Gasteiger partial charge in [0.05, 0.1) is 0 Å². The highest BCUT2D eigenvalue weighted by Gasteiger charge is 1.98. The fourth-order valence-electron chi connectivity index (χ4n) is 1.62. The first-order valence-electron chi connectivity index (χ1n) is 6.51. The van der Waals surface area contributed by atoms with Crippen LogP contribution in [0.2, 0.25) is 6.04 Å². The zero-order valence-electron chi connectivity index (χ0n) is 11.1. The summed E-state index contributed by atoms with van der Waals surface area (Å²) in [6, 6.07) is 21.3. The molecular weight excluding hydrogens is 244 g/mol. The van der Waals surface area contributed by atoms with Gasteiger partial charge in [0.1, 0.15) is 0 Å². The smallest absolute Gasteiger partial charge is 0.114 e. The minimum absolute atomic E-state index is 1.08. The van der Waals surface area contributed by atoms with Gasteiger partial charge in [0.15, 0.2) is 0 Å². The van der Waals surface area contributed by atoms with Gasteiger partial charge in [0, 0.05) is 11.1 Å². The van der Waals surface area contributed by atoms with Gasteiger partial charge < -0.3 is 0 Å². The van der Waals surface area contributed by atoms with Gasteiger partial charge in [-0.3, -0.25) is 0 Å². The highest BCUT2D eigenvalue weighted by atomic mass is 28.3. The van der Waals surface area contributed by atoms with E-state index >= 15 is 0 Å². The maximum atomic E-state index is 3.37. The van der Waals surface area contributed by atoms with Crippen molar-refractivity contribution in [1.82, 2.24) is 0 Å². The lowest BCUT2D eigenvalue weighted by atomic mass is 10.2. The Morgan fingerprint density at radius 2 is 1.16 bits per heavy atom. The molecule has 0 amide bonds.